The molecule has 0 spiro atoms. The molecule has 1 fully saturated rings. The van der Waals surface area contributed by atoms with Gasteiger partial charge in [0.15, 0.2) is 0 Å². The Hall–Kier alpha value is -2.90. The lowest BCUT2D eigenvalue weighted by Crippen LogP contribution is -2.58. The van der Waals surface area contributed by atoms with Crippen LogP contribution in [0.15, 0.2) is 24.3 Å². The van der Waals surface area contributed by atoms with Crippen molar-refractivity contribution in [2.75, 3.05) is 26.7 Å². The van der Waals surface area contributed by atoms with E-state index in [4.69, 9.17) is 4.74 Å². The molecule has 1 heterocycles. The molecule has 0 unspecified atom stereocenters. The van der Waals surface area contributed by atoms with E-state index in [-0.39, 0.29) is 19.5 Å². The van der Waals surface area contributed by atoms with Gasteiger partial charge in [-0.05, 0) is 24.6 Å². The third-order valence-electron chi connectivity index (χ3n) is 3.71. The first kappa shape index (κ1) is 17.5. The van der Waals surface area contributed by atoms with Gasteiger partial charge in [0.2, 0.25) is 5.91 Å². The fourth-order valence-electron chi connectivity index (χ4n) is 2.33. The highest BCUT2D eigenvalue weighted by atomic mass is 16.5. The normalized spacial score (nSPS) is 14.6. The minimum absolute atomic E-state index is 0.0210. The second-order valence-electron chi connectivity index (χ2n) is 5.22. The molecule has 0 radical (unpaired) electrons. The number of piperazine rings is 1. The molecule has 1 aliphatic heterocycles. The molecule has 0 bridgehead atoms. The summed E-state index contributed by atoms with van der Waals surface area (Å²) in [6.45, 7) is 2.48. The van der Waals surface area contributed by atoms with Gasteiger partial charge in [-0.2, -0.15) is 0 Å². The first-order valence-corrected chi connectivity index (χ1v) is 7.53. The lowest BCUT2D eigenvalue weighted by atomic mass is 10.1. The van der Waals surface area contributed by atoms with Crippen LogP contribution >= 0.6 is 0 Å². The summed E-state index contributed by atoms with van der Waals surface area (Å²) in [5, 5.41) is 2.14. The molecular formula is C16H19N3O5. The number of nitrogens with one attached hydrogen (secondary N) is 1. The molecule has 2 rings (SSSR count). The van der Waals surface area contributed by atoms with Crippen molar-refractivity contribution in [3.63, 3.8) is 0 Å². The summed E-state index contributed by atoms with van der Waals surface area (Å²) < 4.78 is 5.02. The van der Waals surface area contributed by atoms with Crippen LogP contribution in [0.25, 0.3) is 0 Å². The highest BCUT2D eigenvalue weighted by Gasteiger charge is 2.35. The Bertz CT molecular complexity index is 656. The molecule has 0 saturated carbocycles. The van der Waals surface area contributed by atoms with Crippen molar-refractivity contribution in [3.8, 4) is 5.75 Å². The van der Waals surface area contributed by atoms with Gasteiger partial charge in [-0.25, -0.2) is 4.79 Å². The Kier molecular flexibility index (Phi) is 5.51. The first-order chi connectivity index (χ1) is 11.5. The Labute approximate surface area is 139 Å². The molecule has 1 saturated heterocycles. The minimum Gasteiger partial charge on any atom is -0.497 e. The smallest absolute Gasteiger partial charge is 0.331 e. The molecule has 0 aliphatic carbocycles. The molecule has 5 amide bonds. The van der Waals surface area contributed by atoms with E-state index in [2.05, 4.69) is 5.32 Å². The predicted octanol–water partition coefficient (Wildman–Crippen LogP) is 0.165. The standard InChI is InChI=1S/C16H19N3O5/c1-3-18-8-9-19(15(22)14(18)21)16(23)17-13(20)10-11-4-6-12(24-2)7-5-11/h4-7H,3,8-10H2,1-2H3,(H,17,20,23). The quantitative estimate of drug-likeness (QED) is 0.792. The second kappa shape index (κ2) is 7.58. The third kappa shape index (κ3) is 3.89. The highest BCUT2D eigenvalue weighted by molar-refractivity contribution is 6.38. The van der Waals surface area contributed by atoms with Gasteiger partial charge in [0.1, 0.15) is 5.75 Å². The van der Waals surface area contributed by atoms with Crippen LogP contribution in [0.1, 0.15) is 12.5 Å². The summed E-state index contributed by atoms with van der Waals surface area (Å²) in [5.41, 5.74) is 0.694. The maximum absolute atomic E-state index is 12.0. The van der Waals surface area contributed by atoms with Crippen LogP contribution in [-0.4, -0.2) is 60.3 Å². The maximum Gasteiger partial charge on any atom is 0.331 e. The number of likely N-dealkylation sites (N-methyl/N-ethyl adjacent to an activating group) is 1. The Morgan fingerprint density at radius 2 is 1.79 bits per heavy atom. The number of rotatable bonds is 4. The van der Waals surface area contributed by atoms with Crippen LogP contribution in [0.4, 0.5) is 4.79 Å². The zero-order chi connectivity index (χ0) is 17.7. The van der Waals surface area contributed by atoms with E-state index >= 15 is 0 Å². The average Bonchev–Trinajstić information content (AvgIpc) is 2.57. The Balaban J connectivity index is 1.92. The molecule has 8 nitrogen and oxygen atoms in total. The summed E-state index contributed by atoms with van der Waals surface area (Å²) in [6, 6.07) is 5.95. The fraction of sp³-hybridized carbons (Fsp3) is 0.375. The number of benzene rings is 1. The van der Waals surface area contributed by atoms with Gasteiger partial charge < -0.3 is 9.64 Å². The van der Waals surface area contributed by atoms with Crippen LogP contribution < -0.4 is 10.1 Å². The minimum atomic E-state index is -0.919. The number of carbonyl (C=O) groups excluding carboxylic acids is 4. The van der Waals surface area contributed by atoms with Crippen molar-refractivity contribution in [1.82, 2.24) is 15.1 Å². The van der Waals surface area contributed by atoms with E-state index in [9.17, 15) is 19.2 Å². The molecule has 128 valence electrons. The Morgan fingerprint density at radius 1 is 1.12 bits per heavy atom. The van der Waals surface area contributed by atoms with Crippen LogP contribution in [0.5, 0.6) is 5.75 Å². The topological polar surface area (TPSA) is 96.0 Å². The number of hydrogen-bond donors (Lipinski definition) is 1. The summed E-state index contributed by atoms with van der Waals surface area (Å²) in [6.07, 6.45) is -0.0210. The number of hydrogen-bond acceptors (Lipinski definition) is 5. The van der Waals surface area contributed by atoms with Crippen molar-refractivity contribution in [2.45, 2.75) is 13.3 Å². The number of amides is 5. The summed E-state index contributed by atoms with van der Waals surface area (Å²) >= 11 is 0. The average molecular weight is 333 g/mol. The van der Waals surface area contributed by atoms with Crippen molar-refractivity contribution in [3.05, 3.63) is 29.8 Å². The monoisotopic (exact) mass is 333 g/mol. The van der Waals surface area contributed by atoms with E-state index in [0.29, 0.717) is 17.9 Å². The van der Waals surface area contributed by atoms with Gasteiger partial charge in [-0.3, -0.25) is 24.6 Å². The molecule has 24 heavy (non-hydrogen) atoms. The molecule has 0 atom stereocenters. The van der Waals surface area contributed by atoms with Crippen molar-refractivity contribution < 1.29 is 23.9 Å². The number of urea groups is 1. The van der Waals surface area contributed by atoms with E-state index in [1.54, 1.807) is 31.2 Å². The number of imide groups is 2. The molecule has 1 aliphatic rings. The first-order valence-electron chi connectivity index (χ1n) is 7.53. The van der Waals surface area contributed by atoms with Gasteiger partial charge in [-0.1, -0.05) is 12.1 Å². The highest BCUT2D eigenvalue weighted by Crippen LogP contribution is 2.11. The third-order valence-corrected chi connectivity index (χ3v) is 3.71. The molecule has 1 aromatic rings. The second-order valence-corrected chi connectivity index (χ2v) is 5.22. The summed E-state index contributed by atoms with van der Waals surface area (Å²) in [5.74, 6) is -1.55. The lowest BCUT2D eigenvalue weighted by molar-refractivity contribution is -0.153. The number of methoxy groups -OCH3 is 1. The van der Waals surface area contributed by atoms with Crippen LogP contribution in [0, 0.1) is 0 Å². The molecular weight excluding hydrogens is 314 g/mol. The zero-order valence-corrected chi connectivity index (χ0v) is 13.6. The van der Waals surface area contributed by atoms with Gasteiger partial charge >= 0.3 is 17.8 Å². The number of ether oxygens (including phenoxy) is 1. The van der Waals surface area contributed by atoms with E-state index < -0.39 is 23.8 Å². The zero-order valence-electron chi connectivity index (χ0n) is 13.6. The number of carbonyl (C=O) groups is 4. The van der Waals surface area contributed by atoms with Gasteiger partial charge in [-0.15, -0.1) is 0 Å². The lowest BCUT2D eigenvalue weighted by Gasteiger charge is -2.31. The maximum atomic E-state index is 12.0. The predicted molar refractivity (Wildman–Crippen MR) is 84.2 cm³/mol. The number of nitrogens with zero attached hydrogens (tertiary/aromatic N) is 2. The van der Waals surface area contributed by atoms with Gasteiger partial charge in [0.25, 0.3) is 0 Å². The Morgan fingerprint density at radius 3 is 2.38 bits per heavy atom. The van der Waals surface area contributed by atoms with Crippen LogP contribution in [0.3, 0.4) is 0 Å². The van der Waals surface area contributed by atoms with E-state index in [1.807, 2.05) is 0 Å². The van der Waals surface area contributed by atoms with Gasteiger partial charge in [0.05, 0.1) is 13.5 Å². The SMILES string of the molecule is CCN1CCN(C(=O)NC(=O)Cc2ccc(OC)cc2)C(=O)C1=O. The van der Waals surface area contributed by atoms with Gasteiger partial charge in [0, 0.05) is 19.6 Å². The van der Waals surface area contributed by atoms with Crippen LogP contribution in [-0.2, 0) is 20.8 Å². The molecule has 1 aromatic carbocycles. The molecule has 0 aromatic heterocycles. The fourth-order valence-corrected chi connectivity index (χ4v) is 2.33. The molecule has 1 N–H and O–H groups in total. The van der Waals surface area contributed by atoms with Crippen molar-refractivity contribution in [2.24, 2.45) is 0 Å². The largest absolute Gasteiger partial charge is 0.497 e. The van der Waals surface area contributed by atoms with Crippen LogP contribution in [0.2, 0.25) is 0 Å². The molecule has 8 heteroatoms. The van der Waals surface area contributed by atoms with Crippen molar-refractivity contribution >= 4 is 23.8 Å². The summed E-state index contributed by atoms with van der Waals surface area (Å²) in [4.78, 5) is 49.7. The van der Waals surface area contributed by atoms with E-state index in [1.165, 1.54) is 12.0 Å². The van der Waals surface area contributed by atoms with Crippen molar-refractivity contribution in [1.29, 1.82) is 0 Å². The van der Waals surface area contributed by atoms with E-state index in [0.717, 1.165) is 4.90 Å². The summed E-state index contributed by atoms with van der Waals surface area (Å²) in [7, 11) is 1.54.